The molecule has 20 heavy (non-hydrogen) atoms. The largest absolute Gasteiger partial charge is 0.329 e. The third-order valence-corrected chi connectivity index (χ3v) is 5.63. The molecule has 0 heterocycles. The molecule has 108 valence electrons. The molecule has 4 rings (SSSR count). The summed E-state index contributed by atoms with van der Waals surface area (Å²) in [4.78, 5) is 2.83. The number of nitrogens with zero attached hydrogens (tertiary/aromatic N) is 1. The molecule has 0 aromatic heterocycles. The summed E-state index contributed by atoms with van der Waals surface area (Å²) in [6.07, 6.45) is 9.32. The molecule has 2 saturated carbocycles. The molecule has 0 bridgehead atoms. The lowest BCUT2D eigenvalue weighted by Gasteiger charge is -2.47. The number of nitrogens with two attached hydrogens (primary N) is 1. The number of benzene rings is 1. The van der Waals surface area contributed by atoms with Gasteiger partial charge in [-0.2, -0.15) is 0 Å². The number of fused-ring (bicyclic) bond motifs is 1. The molecule has 1 aromatic rings. The molecule has 0 saturated heterocycles. The maximum Gasteiger partial charge on any atom is 0.0378 e. The van der Waals surface area contributed by atoms with Crippen LogP contribution >= 0.6 is 0 Å². The maximum absolute atomic E-state index is 6.32. The van der Waals surface area contributed by atoms with Crippen molar-refractivity contribution in [2.45, 2.75) is 56.5 Å². The van der Waals surface area contributed by atoms with Crippen molar-refractivity contribution >= 4 is 0 Å². The summed E-state index contributed by atoms with van der Waals surface area (Å²) in [5.74, 6) is 0.969. The first kappa shape index (κ1) is 12.8. The SMILES string of the molecule is NCC1(N(CC2CC2)C2CC2)CCc2ccccc2C1. The van der Waals surface area contributed by atoms with Gasteiger partial charge < -0.3 is 5.73 Å². The van der Waals surface area contributed by atoms with Crippen molar-refractivity contribution in [2.24, 2.45) is 11.7 Å². The average molecular weight is 270 g/mol. The molecule has 3 aliphatic rings. The molecular weight excluding hydrogens is 244 g/mol. The highest BCUT2D eigenvalue weighted by molar-refractivity contribution is 5.33. The molecule has 1 atom stereocenters. The Morgan fingerprint density at radius 1 is 1.10 bits per heavy atom. The molecule has 2 N–H and O–H groups in total. The lowest BCUT2D eigenvalue weighted by Crippen LogP contribution is -2.58. The fourth-order valence-corrected chi connectivity index (χ4v) is 4.02. The van der Waals surface area contributed by atoms with Crippen LogP contribution in [0.15, 0.2) is 24.3 Å². The highest BCUT2D eigenvalue weighted by Crippen LogP contribution is 2.43. The van der Waals surface area contributed by atoms with Gasteiger partial charge in [-0.3, -0.25) is 4.90 Å². The highest BCUT2D eigenvalue weighted by atomic mass is 15.3. The van der Waals surface area contributed by atoms with E-state index in [-0.39, 0.29) is 5.54 Å². The monoisotopic (exact) mass is 270 g/mol. The van der Waals surface area contributed by atoms with Crippen molar-refractivity contribution in [1.29, 1.82) is 0 Å². The van der Waals surface area contributed by atoms with Gasteiger partial charge in [-0.25, -0.2) is 0 Å². The van der Waals surface area contributed by atoms with E-state index < -0.39 is 0 Å². The van der Waals surface area contributed by atoms with Crippen LogP contribution < -0.4 is 5.73 Å². The zero-order valence-corrected chi connectivity index (χ0v) is 12.4. The van der Waals surface area contributed by atoms with Crippen LogP contribution in [-0.4, -0.2) is 29.6 Å². The minimum absolute atomic E-state index is 0.248. The number of hydrogen-bond acceptors (Lipinski definition) is 2. The Morgan fingerprint density at radius 2 is 1.85 bits per heavy atom. The minimum atomic E-state index is 0.248. The Morgan fingerprint density at radius 3 is 2.50 bits per heavy atom. The summed E-state index contributed by atoms with van der Waals surface area (Å²) in [6.45, 7) is 2.13. The van der Waals surface area contributed by atoms with Gasteiger partial charge in [-0.15, -0.1) is 0 Å². The number of rotatable bonds is 5. The molecule has 0 radical (unpaired) electrons. The van der Waals surface area contributed by atoms with Crippen LogP contribution in [0.4, 0.5) is 0 Å². The maximum atomic E-state index is 6.32. The third-order valence-electron chi connectivity index (χ3n) is 5.63. The van der Waals surface area contributed by atoms with E-state index in [2.05, 4.69) is 29.2 Å². The quantitative estimate of drug-likeness (QED) is 0.891. The molecule has 0 amide bonds. The standard InChI is InChI=1S/C18H26N2/c19-13-18(20(17-7-8-17)12-14-5-6-14)10-9-15-3-1-2-4-16(15)11-18/h1-4,14,17H,5-13,19H2. The second kappa shape index (κ2) is 4.85. The predicted octanol–water partition coefficient (Wildman–Crippen LogP) is 2.75. The molecule has 1 unspecified atom stereocenters. The molecule has 3 aliphatic carbocycles. The van der Waals surface area contributed by atoms with E-state index in [0.717, 1.165) is 18.5 Å². The van der Waals surface area contributed by atoms with Crippen molar-refractivity contribution in [3.8, 4) is 0 Å². The Bertz CT molecular complexity index is 490. The molecule has 2 heteroatoms. The van der Waals surface area contributed by atoms with E-state index in [1.54, 1.807) is 11.1 Å². The summed E-state index contributed by atoms with van der Waals surface area (Å²) in [5, 5.41) is 0. The molecule has 0 spiro atoms. The summed E-state index contributed by atoms with van der Waals surface area (Å²) >= 11 is 0. The lowest BCUT2D eigenvalue weighted by atomic mass is 9.76. The zero-order valence-electron chi connectivity index (χ0n) is 12.4. The Kier molecular flexibility index (Phi) is 3.12. The van der Waals surface area contributed by atoms with E-state index in [1.807, 2.05) is 0 Å². The Labute approximate surface area is 122 Å². The second-order valence-corrected chi connectivity index (χ2v) is 7.20. The van der Waals surface area contributed by atoms with Gasteiger partial charge in [0, 0.05) is 24.7 Å². The Hall–Kier alpha value is -0.860. The van der Waals surface area contributed by atoms with Crippen molar-refractivity contribution < 1.29 is 0 Å². The normalized spacial score (nSPS) is 29.5. The van der Waals surface area contributed by atoms with E-state index in [0.29, 0.717) is 0 Å². The first-order chi connectivity index (χ1) is 9.81. The lowest BCUT2D eigenvalue weighted by molar-refractivity contribution is 0.0654. The van der Waals surface area contributed by atoms with Gasteiger partial charge in [0.2, 0.25) is 0 Å². The van der Waals surface area contributed by atoms with Gasteiger partial charge >= 0.3 is 0 Å². The van der Waals surface area contributed by atoms with Gasteiger partial charge in [-0.1, -0.05) is 24.3 Å². The molecule has 0 aliphatic heterocycles. The fourth-order valence-electron chi connectivity index (χ4n) is 4.02. The minimum Gasteiger partial charge on any atom is -0.329 e. The van der Waals surface area contributed by atoms with Crippen LogP contribution in [0.25, 0.3) is 0 Å². The predicted molar refractivity (Wildman–Crippen MR) is 82.7 cm³/mol. The summed E-state index contributed by atoms with van der Waals surface area (Å²) < 4.78 is 0. The topological polar surface area (TPSA) is 29.3 Å². The first-order valence-electron chi connectivity index (χ1n) is 8.34. The van der Waals surface area contributed by atoms with Crippen LogP contribution in [-0.2, 0) is 12.8 Å². The van der Waals surface area contributed by atoms with E-state index in [4.69, 9.17) is 5.73 Å². The van der Waals surface area contributed by atoms with Crippen LogP contribution in [0.2, 0.25) is 0 Å². The van der Waals surface area contributed by atoms with E-state index >= 15 is 0 Å². The summed E-state index contributed by atoms with van der Waals surface area (Å²) in [5.41, 5.74) is 9.67. The third kappa shape index (κ3) is 2.29. The van der Waals surface area contributed by atoms with Crippen molar-refractivity contribution in [2.75, 3.05) is 13.1 Å². The molecule has 2 nitrogen and oxygen atoms in total. The Balaban J connectivity index is 1.62. The highest BCUT2D eigenvalue weighted by Gasteiger charge is 2.46. The first-order valence-corrected chi connectivity index (χ1v) is 8.34. The number of hydrogen-bond donors (Lipinski definition) is 1. The second-order valence-electron chi connectivity index (χ2n) is 7.20. The fraction of sp³-hybridized carbons (Fsp3) is 0.667. The van der Waals surface area contributed by atoms with Crippen LogP contribution in [0.3, 0.4) is 0 Å². The summed E-state index contributed by atoms with van der Waals surface area (Å²) in [6, 6.07) is 9.83. The van der Waals surface area contributed by atoms with Crippen molar-refractivity contribution in [3.63, 3.8) is 0 Å². The van der Waals surface area contributed by atoms with Crippen molar-refractivity contribution in [1.82, 2.24) is 4.90 Å². The van der Waals surface area contributed by atoms with E-state index in [1.165, 1.54) is 51.5 Å². The van der Waals surface area contributed by atoms with E-state index in [9.17, 15) is 0 Å². The van der Waals surface area contributed by atoms with Crippen LogP contribution in [0, 0.1) is 5.92 Å². The number of aryl methyl sites for hydroxylation is 1. The average Bonchev–Trinajstić information content (AvgIpc) is 3.38. The molecule has 1 aromatic carbocycles. The smallest absolute Gasteiger partial charge is 0.0378 e. The zero-order chi connectivity index (χ0) is 13.6. The van der Waals surface area contributed by atoms with Crippen LogP contribution in [0.1, 0.15) is 43.2 Å². The van der Waals surface area contributed by atoms with Crippen molar-refractivity contribution in [3.05, 3.63) is 35.4 Å². The van der Waals surface area contributed by atoms with Crippen LogP contribution in [0.5, 0.6) is 0 Å². The molecular formula is C18H26N2. The van der Waals surface area contributed by atoms with Gasteiger partial charge in [0.25, 0.3) is 0 Å². The molecule has 2 fully saturated rings. The van der Waals surface area contributed by atoms with Gasteiger partial charge in [-0.05, 0) is 62.0 Å². The van der Waals surface area contributed by atoms with Gasteiger partial charge in [0.1, 0.15) is 0 Å². The van der Waals surface area contributed by atoms with Gasteiger partial charge in [0.15, 0.2) is 0 Å². The summed E-state index contributed by atoms with van der Waals surface area (Å²) in [7, 11) is 0. The van der Waals surface area contributed by atoms with Gasteiger partial charge in [0.05, 0.1) is 0 Å².